The van der Waals surface area contributed by atoms with Gasteiger partial charge in [-0.15, -0.1) is 0 Å². The van der Waals surface area contributed by atoms with E-state index in [4.69, 9.17) is 11.5 Å². The van der Waals surface area contributed by atoms with Crippen LogP contribution >= 0.6 is 0 Å². The van der Waals surface area contributed by atoms with Crippen LogP contribution in [0.4, 0.5) is 0 Å². The minimum atomic E-state index is -0.391. The van der Waals surface area contributed by atoms with E-state index in [0.717, 1.165) is 51.4 Å². The first-order valence-electron chi connectivity index (χ1n) is 7.93. The van der Waals surface area contributed by atoms with Crippen molar-refractivity contribution in [3.63, 3.8) is 0 Å². The van der Waals surface area contributed by atoms with Crippen molar-refractivity contribution in [3.05, 3.63) is 0 Å². The molecular weight excluding hydrogens is 254 g/mol. The Morgan fingerprint density at radius 3 is 2.30 bits per heavy atom. The van der Waals surface area contributed by atoms with Crippen molar-refractivity contribution in [2.24, 2.45) is 23.3 Å². The van der Waals surface area contributed by atoms with Gasteiger partial charge in [-0.1, -0.05) is 12.8 Å². The molecule has 1 saturated heterocycles. The van der Waals surface area contributed by atoms with Crippen molar-refractivity contribution in [2.75, 3.05) is 13.1 Å². The second-order valence-electron chi connectivity index (χ2n) is 6.25. The van der Waals surface area contributed by atoms with Gasteiger partial charge >= 0.3 is 0 Å². The number of carbonyl (C=O) groups is 2. The monoisotopic (exact) mass is 281 g/mol. The number of primary amides is 1. The fourth-order valence-corrected chi connectivity index (χ4v) is 3.55. The standard InChI is InChI=1S/C15H27N3O2/c16-10-11-5-7-12(8-6-11)15(20)18-9-3-1-2-4-13(18)14(17)19/h11-13H,1-10,16H2,(H2,17,19). The highest BCUT2D eigenvalue weighted by molar-refractivity contribution is 5.87. The zero-order valence-corrected chi connectivity index (χ0v) is 12.2. The van der Waals surface area contributed by atoms with Crippen molar-refractivity contribution in [2.45, 2.75) is 57.4 Å². The first kappa shape index (κ1) is 15.3. The molecule has 0 spiro atoms. The van der Waals surface area contributed by atoms with Gasteiger partial charge in [-0.25, -0.2) is 0 Å². The van der Waals surface area contributed by atoms with Crippen molar-refractivity contribution >= 4 is 11.8 Å². The minimum absolute atomic E-state index is 0.0674. The molecule has 2 aliphatic rings. The van der Waals surface area contributed by atoms with Gasteiger partial charge in [-0.05, 0) is 51.0 Å². The van der Waals surface area contributed by atoms with Gasteiger partial charge in [0.05, 0.1) is 0 Å². The average molecular weight is 281 g/mol. The Morgan fingerprint density at radius 1 is 1.00 bits per heavy atom. The van der Waals surface area contributed by atoms with Crippen LogP contribution in [0.15, 0.2) is 0 Å². The molecule has 0 aromatic rings. The molecule has 4 N–H and O–H groups in total. The Bertz CT molecular complexity index is 351. The van der Waals surface area contributed by atoms with Gasteiger partial charge < -0.3 is 16.4 Å². The molecule has 1 heterocycles. The van der Waals surface area contributed by atoms with E-state index >= 15 is 0 Å². The molecule has 2 fully saturated rings. The lowest BCUT2D eigenvalue weighted by Crippen LogP contribution is -2.50. The summed E-state index contributed by atoms with van der Waals surface area (Å²) in [7, 11) is 0. The Balaban J connectivity index is 2.00. The van der Waals surface area contributed by atoms with Crippen LogP contribution in [-0.2, 0) is 9.59 Å². The van der Waals surface area contributed by atoms with Crippen LogP contribution in [0.3, 0.4) is 0 Å². The first-order chi connectivity index (χ1) is 9.63. The van der Waals surface area contributed by atoms with Crippen LogP contribution in [0, 0.1) is 11.8 Å². The molecule has 0 radical (unpaired) electrons. The fraction of sp³-hybridized carbons (Fsp3) is 0.867. The number of carbonyl (C=O) groups excluding carboxylic acids is 2. The molecule has 5 heteroatoms. The summed E-state index contributed by atoms with van der Waals surface area (Å²) in [5.41, 5.74) is 11.2. The summed E-state index contributed by atoms with van der Waals surface area (Å²) < 4.78 is 0. The zero-order chi connectivity index (χ0) is 14.5. The summed E-state index contributed by atoms with van der Waals surface area (Å²) in [5.74, 6) is 0.426. The van der Waals surface area contributed by atoms with Crippen LogP contribution in [0.1, 0.15) is 51.4 Å². The number of hydrogen-bond donors (Lipinski definition) is 2. The lowest BCUT2D eigenvalue weighted by molar-refractivity contribution is -0.143. The normalized spacial score (nSPS) is 31.6. The molecule has 1 atom stereocenters. The quantitative estimate of drug-likeness (QED) is 0.809. The minimum Gasteiger partial charge on any atom is -0.368 e. The summed E-state index contributed by atoms with van der Waals surface area (Å²) >= 11 is 0. The molecule has 0 bridgehead atoms. The highest BCUT2D eigenvalue weighted by atomic mass is 16.2. The third-order valence-electron chi connectivity index (χ3n) is 4.89. The predicted octanol–water partition coefficient (Wildman–Crippen LogP) is 1.01. The van der Waals surface area contributed by atoms with E-state index in [1.54, 1.807) is 4.90 Å². The fourth-order valence-electron chi connectivity index (χ4n) is 3.55. The predicted molar refractivity (Wildman–Crippen MR) is 77.7 cm³/mol. The molecular formula is C15H27N3O2. The average Bonchev–Trinajstić information content (AvgIpc) is 2.72. The molecule has 114 valence electrons. The summed E-state index contributed by atoms with van der Waals surface area (Å²) in [6, 6.07) is -0.391. The van der Waals surface area contributed by atoms with Crippen LogP contribution in [-0.4, -0.2) is 35.8 Å². The molecule has 0 aromatic heterocycles. The Hall–Kier alpha value is -1.10. The number of amides is 2. The van der Waals surface area contributed by atoms with Crippen molar-refractivity contribution in [1.82, 2.24) is 4.90 Å². The second kappa shape index (κ2) is 7.07. The van der Waals surface area contributed by atoms with Crippen molar-refractivity contribution < 1.29 is 9.59 Å². The van der Waals surface area contributed by atoms with E-state index < -0.39 is 6.04 Å². The largest absolute Gasteiger partial charge is 0.368 e. The van der Waals surface area contributed by atoms with Gasteiger partial charge in [0, 0.05) is 12.5 Å². The lowest BCUT2D eigenvalue weighted by atomic mass is 9.81. The third kappa shape index (κ3) is 3.51. The van der Waals surface area contributed by atoms with E-state index in [2.05, 4.69) is 0 Å². The number of hydrogen-bond acceptors (Lipinski definition) is 3. The summed E-state index contributed by atoms with van der Waals surface area (Å²) in [4.78, 5) is 26.1. The topological polar surface area (TPSA) is 89.4 Å². The van der Waals surface area contributed by atoms with E-state index in [1.807, 2.05) is 0 Å². The summed E-state index contributed by atoms with van der Waals surface area (Å²) in [6.45, 7) is 1.40. The lowest BCUT2D eigenvalue weighted by Gasteiger charge is -2.34. The molecule has 2 amide bonds. The van der Waals surface area contributed by atoms with Crippen molar-refractivity contribution in [3.8, 4) is 0 Å². The smallest absolute Gasteiger partial charge is 0.240 e. The van der Waals surface area contributed by atoms with Gasteiger partial charge in [-0.2, -0.15) is 0 Å². The van der Waals surface area contributed by atoms with Gasteiger partial charge in [0.2, 0.25) is 11.8 Å². The number of likely N-dealkylation sites (tertiary alicyclic amines) is 1. The molecule has 1 saturated carbocycles. The van der Waals surface area contributed by atoms with Crippen molar-refractivity contribution in [1.29, 1.82) is 0 Å². The molecule has 5 nitrogen and oxygen atoms in total. The maximum absolute atomic E-state index is 12.7. The van der Waals surface area contributed by atoms with E-state index in [0.29, 0.717) is 19.0 Å². The van der Waals surface area contributed by atoms with Crippen LogP contribution in [0.2, 0.25) is 0 Å². The van der Waals surface area contributed by atoms with Crippen LogP contribution in [0.25, 0.3) is 0 Å². The Morgan fingerprint density at radius 2 is 1.70 bits per heavy atom. The zero-order valence-electron chi connectivity index (χ0n) is 12.2. The molecule has 20 heavy (non-hydrogen) atoms. The Labute approximate surface area is 121 Å². The first-order valence-corrected chi connectivity index (χ1v) is 7.93. The molecule has 0 aromatic carbocycles. The van der Waals surface area contributed by atoms with Gasteiger partial charge in [-0.3, -0.25) is 9.59 Å². The second-order valence-corrected chi connectivity index (χ2v) is 6.25. The third-order valence-corrected chi connectivity index (χ3v) is 4.89. The van der Waals surface area contributed by atoms with E-state index in [-0.39, 0.29) is 17.7 Å². The highest BCUT2D eigenvalue weighted by Crippen LogP contribution is 2.31. The van der Waals surface area contributed by atoms with Gasteiger partial charge in [0.25, 0.3) is 0 Å². The van der Waals surface area contributed by atoms with Crippen LogP contribution < -0.4 is 11.5 Å². The molecule has 1 unspecified atom stereocenters. The highest BCUT2D eigenvalue weighted by Gasteiger charge is 2.34. The number of nitrogens with zero attached hydrogens (tertiary/aromatic N) is 1. The maximum atomic E-state index is 12.7. The van der Waals surface area contributed by atoms with Gasteiger partial charge in [0.15, 0.2) is 0 Å². The van der Waals surface area contributed by atoms with E-state index in [9.17, 15) is 9.59 Å². The summed E-state index contributed by atoms with van der Waals surface area (Å²) in [6.07, 6.45) is 7.63. The van der Waals surface area contributed by atoms with Crippen LogP contribution in [0.5, 0.6) is 0 Å². The number of rotatable bonds is 3. The summed E-state index contributed by atoms with van der Waals surface area (Å²) in [5, 5.41) is 0. The molecule has 2 rings (SSSR count). The molecule has 1 aliphatic heterocycles. The SMILES string of the molecule is NCC1CCC(C(=O)N2CCCCCC2C(N)=O)CC1. The van der Waals surface area contributed by atoms with Gasteiger partial charge in [0.1, 0.15) is 6.04 Å². The number of nitrogens with two attached hydrogens (primary N) is 2. The maximum Gasteiger partial charge on any atom is 0.240 e. The molecule has 1 aliphatic carbocycles. The van der Waals surface area contributed by atoms with E-state index in [1.165, 1.54) is 0 Å². The Kier molecular flexibility index (Phi) is 5.40.